The minimum Gasteiger partial charge on any atom is -0.379 e. The van der Waals surface area contributed by atoms with Crippen molar-refractivity contribution >= 4 is 0 Å². The molecule has 3 unspecified atom stereocenters. The molecule has 0 saturated heterocycles. The highest BCUT2D eigenvalue weighted by Crippen LogP contribution is 2.50. The van der Waals surface area contributed by atoms with E-state index in [4.69, 9.17) is 4.74 Å². The van der Waals surface area contributed by atoms with E-state index in [-0.39, 0.29) is 5.60 Å². The van der Waals surface area contributed by atoms with Crippen molar-refractivity contribution in [3.8, 4) is 0 Å². The van der Waals surface area contributed by atoms with Gasteiger partial charge in [0, 0.05) is 13.2 Å². The molecule has 2 heteroatoms. The second kappa shape index (κ2) is 5.41. The summed E-state index contributed by atoms with van der Waals surface area (Å²) in [6, 6.07) is 11.4. The van der Waals surface area contributed by atoms with E-state index in [2.05, 4.69) is 56.5 Å². The fourth-order valence-electron chi connectivity index (χ4n) is 2.82. The van der Waals surface area contributed by atoms with Gasteiger partial charge in [0.05, 0.1) is 5.60 Å². The van der Waals surface area contributed by atoms with Crippen molar-refractivity contribution < 1.29 is 4.74 Å². The molecule has 1 aromatic rings. The van der Waals surface area contributed by atoms with Gasteiger partial charge in [-0.05, 0) is 51.1 Å². The van der Waals surface area contributed by atoms with Gasteiger partial charge in [-0.25, -0.2) is 0 Å². The summed E-state index contributed by atoms with van der Waals surface area (Å²) in [5.41, 5.74) is 1.44. The van der Waals surface area contributed by atoms with Crippen LogP contribution in [0.5, 0.6) is 0 Å². The van der Waals surface area contributed by atoms with Crippen molar-refractivity contribution in [3.63, 3.8) is 0 Å². The van der Waals surface area contributed by atoms with Crippen LogP contribution < -0.4 is 5.32 Å². The van der Waals surface area contributed by atoms with Gasteiger partial charge in [-0.1, -0.05) is 30.3 Å². The second-order valence-corrected chi connectivity index (χ2v) is 5.98. The number of methoxy groups -OCH3 is 1. The van der Waals surface area contributed by atoms with Crippen LogP contribution >= 0.6 is 0 Å². The van der Waals surface area contributed by atoms with Gasteiger partial charge in [0.1, 0.15) is 0 Å². The molecule has 0 amide bonds. The molecule has 1 aliphatic carbocycles. The summed E-state index contributed by atoms with van der Waals surface area (Å²) in [4.78, 5) is 0. The highest BCUT2D eigenvalue weighted by molar-refractivity contribution is 5.26. The predicted molar refractivity (Wildman–Crippen MR) is 75.8 cm³/mol. The van der Waals surface area contributed by atoms with Gasteiger partial charge in [-0.2, -0.15) is 0 Å². The lowest BCUT2D eigenvalue weighted by atomic mass is 9.94. The molecule has 0 aliphatic heterocycles. The van der Waals surface area contributed by atoms with Crippen LogP contribution in [0, 0.1) is 5.92 Å². The summed E-state index contributed by atoms with van der Waals surface area (Å²) in [5, 5.41) is 3.47. The van der Waals surface area contributed by atoms with Crippen LogP contribution in [0.3, 0.4) is 0 Å². The summed E-state index contributed by atoms with van der Waals surface area (Å²) < 4.78 is 5.55. The lowest BCUT2D eigenvalue weighted by molar-refractivity contribution is 0.00565. The van der Waals surface area contributed by atoms with E-state index in [1.807, 2.05) is 0 Å². The van der Waals surface area contributed by atoms with Gasteiger partial charge in [0.15, 0.2) is 0 Å². The molecule has 100 valence electrons. The van der Waals surface area contributed by atoms with Crippen LogP contribution in [-0.4, -0.2) is 25.8 Å². The molecule has 2 nitrogen and oxygen atoms in total. The van der Waals surface area contributed by atoms with E-state index in [9.17, 15) is 0 Å². The molecule has 1 aromatic carbocycles. The largest absolute Gasteiger partial charge is 0.379 e. The van der Waals surface area contributed by atoms with Crippen molar-refractivity contribution in [1.82, 2.24) is 5.32 Å². The minimum absolute atomic E-state index is 0.0441. The Balaban J connectivity index is 1.96. The zero-order chi connectivity index (χ0) is 13.2. The lowest BCUT2D eigenvalue weighted by Gasteiger charge is -2.28. The van der Waals surface area contributed by atoms with E-state index in [0.717, 1.165) is 18.3 Å². The summed E-state index contributed by atoms with van der Waals surface area (Å²) in [6.45, 7) is 4.33. The maximum absolute atomic E-state index is 5.55. The fraction of sp³-hybridized carbons (Fsp3) is 0.625. The highest BCUT2D eigenvalue weighted by Gasteiger charge is 2.44. The zero-order valence-electron chi connectivity index (χ0n) is 11.9. The molecular formula is C16H25NO. The third kappa shape index (κ3) is 3.12. The Morgan fingerprint density at radius 1 is 1.33 bits per heavy atom. The SMILES string of the molecule is CNC(CC(C)(C)OC)C1CC1c1ccccc1. The summed E-state index contributed by atoms with van der Waals surface area (Å²) in [6.07, 6.45) is 2.36. The van der Waals surface area contributed by atoms with Crippen molar-refractivity contribution in [2.45, 2.75) is 44.2 Å². The fourth-order valence-corrected chi connectivity index (χ4v) is 2.82. The monoisotopic (exact) mass is 247 g/mol. The number of benzene rings is 1. The highest BCUT2D eigenvalue weighted by atomic mass is 16.5. The van der Waals surface area contributed by atoms with Crippen molar-refractivity contribution in [2.75, 3.05) is 14.2 Å². The van der Waals surface area contributed by atoms with Gasteiger partial charge in [-0.15, -0.1) is 0 Å². The zero-order valence-corrected chi connectivity index (χ0v) is 11.9. The van der Waals surface area contributed by atoms with E-state index >= 15 is 0 Å². The van der Waals surface area contributed by atoms with Gasteiger partial charge in [-0.3, -0.25) is 0 Å². The molecule has 0 aromatic heterocycles. The van der Waals surface area contributed by atoms with E-state index in [1.54, 1.807) is 7.11 Å². The normalized spacial score (nSPS) is 24.9. The van der Waals surface area contributed by atoms with Crippen LogP contribution in [0.4, 0.5) is 0 Å². The molecule has 3 atom stereocenters. The first-order valence-electron chi connectivity index (χ1n) is 6.85. The molecule has 0 heterocycles. The third-order valence-electron chi connectivity index (χ3n) is 4.22. The lowest BCUT2D eigenvalue weighted by Crippen LogP contribution is -2.37. The van der Waals surface area contributed by atoms with Crippen LogP contribution in [0.15, 0.2) is 30.3 Å². The smallest absolute Gasteiger partial charge is 0.0637 e. The summed E-state index contributed by atoms with van der Waals surface area (Å²) >= 11 is 0. The first kappa shape index (κ1) is 13.6. The maximum atomic E-state index is 5.55. The molecule has 18 heavy (non-hydrogen) atoms. The third-order valence-corrected chi connectivity index (χ3v) is 4.22. The second-order valence-electron chi connectivity index (χ2n) is 5.98. The molecule has 0 bridgehead atoms. The Morgan fingerprint density at radius 2 is 2.00 bits per heavy atom. The van der Waals surface area contributed by atoms with E-state index in [1.165, 1.54) is 12.0 Å². The first-order chi connectivity index (χ1) is 8.57. The first-order valence-corrected chi connectivity index (χ1v) is 6.85. The van der Waals surface area contributed by atoms with Gasteiger partial charge < -0.3 is 10.1 Å². The maximum Gasteiger partial charge on any atom is 0.0637 e. The molecule has 1 N–H and O–H groups in total. The molecule has 1 fully saturated rings. The van der Waals surface area contributed by atoms with Crippen LogP contribution in [0.2, 0.25) is 0 Å². The summed E-state index contributed by atoms with van der Waals surface area (Å²) in [5.74, 6) is 1.49. The molecule has 0 spiro atoms. The molecule has 1 saturated carbocycles. The summed E-state index contributed by atoms with van der Waals surface area (Å²) in [7, 11) is 3.87. The Labute approximate surface area is 111 Å². The molecule has 2 rings (SSSR count). The van der Waals surface area contributed by atoms with Crippen molar-refractivity contribution in [3.05, 3.63) is 35.9 Å². The number of nitrogens with one attached hydrogen (secondary N) is 1. The van der Waals surface area contributed by atoms with E-state index in [0.29, 0.717) is 6.04 Å². The number of rotatable bonds is 6. The van der Waals surface area contributed by atoms with Gasteiger partial charge >= 0.3 is 0 Å². The number of ether oxygens (including phenoxy) is 1. The minimum atomic E-state index is -0.0441. The topological polar surface area (TPSA) is 21.3 Å². The van der Waals surface area contributed by atoms with Crippen molar-refractivity contribution in [1.29, 1.82) is 0 Å². The molecule has 0 radical (unpaired) electrons. The Morgan fingerprint density at radius 3 is 2.56 bits per heavy atom. The number of hydrogen-bond donors (Lipinski definition) is 1. The van der Waals surface area contributed by atoms with E-state index < -0.39 is 0 Å². The number of hydrogen-bond acceptors (Lipinski definition) is 2. The standard InChI is InChI=1S/C16H25NO/c1-16(2,18-4)11-15(17-3)14-10-13(14)12-8-6-5-7-9-12/h5-9,13-15,17H,10-11H2,1-4H3. The van der Waals surface area contributed by atoms with Crippen molar-refractivity contribution in [2.24, 2.45) is 5.92 Å². The molecule has 1 aliphatic rings. The Hall–Kier alpha value is -0.860. The Kier molecular flexibility index (Phi) is 4.08. The quantitative estimate of drug-likeness (QED) is 0.833. The molecular weight excluding hydrogens is 222 g/mol. The Bertz CT molecular complexity index is 374. The van der Waals surface area contributed by atoms with Crippen LogP contribution in [0.1, 0.15) is 38.2 Å². The van der Waals surface area contributed by atoms with Gasteiger partial charge in [0.25, 0.3) is 0 Å². The van der Waals surface area contributed by atoms with Crippen LogP contribution in [0.25, 0.3) is 0 Å². The average molecular weight is 247 g/mol. The predicted octanol–water partition coefficient (Wildman–Crippen LogP) is 3.19. The van der Waals surface area contributed by atoms with Crippen LogP contribution in [-0.2, 0) is 4.74 Å². The average Bonchev–Trinajstić information content (AvgIpc) is 3.17. The van der Waals surface area contributed by atoms with Gasteiger partial charge in [0.2, 0.25) is 0 Å².